The van der Waals surface area contributed by atoms with Crippen LogP contribution in [0.4, 0.5) is 0 Å². The van der Waals surface area contributed by atoms with Crippen molar-refractivity contribution in [2.45, 2.75) is 0 Å². The lowest BCUT2D eigenvalue weighted by molar-refractivity contribution is 0.669. The monoisotopic (exact) mass is 676 g/mol. The molecule has 8 aromatic carbocycles. The molecule has 0 aliphatic heterocycles. The molecule has 0 atom stereocenters. The van der Waals surface area contributed by atoms with Crippen molar-refractivity contribution >= 4 is 32.7 Å². The number of rotatable bonds is 6. The average Bonchev–Trinajstić information content (AvgIpc) is 3.62. The Hall–Kier alpha value is -7.10. The van der Waals surface area contributed by atoms with Gasteiger partial charge in [-0.3, -0.25) is 0 Å². The third-order valence-corrected chi connectivity index (χ3v) is 10.0. The third kappa shape index (κ3) is 5.85. The van der Waals surface area contributed by atoms with Crippen molar-refractivity contribution in [3.8, 4) is 67.3 Å². The number of aromatic nitrogens is 2. The fourth-order valence-electron chi connectivity index (χ4n) is 7.32. The van der Waals surface area contributed by atoms with Gasteiger partial charge in [0.2, 0.25) is 0 Å². The molecule has 2 heterocycles. The van der Waals surface area contributed by atoms with Crippen LogP contribution in [-0.2, 0) is 0 Å². The van der Waals surface area contributed by atoms with E-state index in [9.17, 15) is 0 Å². The van der Waals surface area contributed by atoms with E-state index in [1.165, 1.54) is 21.9 Å². The number of fused-ring (bicyclic) bond motifs is 4. The largest absolute Gasteiger partial charge is 0.456 e. The van der Waals surface area contributed by atoms with Gasteiger partial charge in [0.05, 0.1) is 11.4 Å². The van der Waals surface area contributed by atoms with E-state index in [-0.39, 0.29) is 0 Å². The predicted octanol–water partition coefficient (Wildman–Crippen LogP) is 13.5. The zero-order valence-corrected chi connectivity index (χ0v) is 28.8. The van der Waals surface area contributed by atoms with Crippen LogP contribution in [0.2, 0.25) is 0 Å². The summed E-state index contributed by atoms with van der Waals surface area (Å²) >= 11 is 0. The van der Waals surface area contributed by atoms with Crippen LogP contribution in [-0.4, -0.2) is 9.97 Å². The number of nitrogens with zero attached hydrogens (tertiary/aromatic N) is 2. The Morgan fingerprint density at radius 3 is 1.49 bits per heavy atom. The molecule has 0 spiro atoms. The Bertz CT molecular complexity index is 2930. The Morgan fingerprint density at radius 1 is 0.283 bits per heavy atom. The highest BCUT2D eigenvalue weighted by atomic mass is 16.3. The first kappa shape index (κ1) is 30.7. The molecule has 0 amide bonds. The van der Waals surface area contributed by atoms with Crippen molar-refractivity contribution in [2.75, 3.05) is 0 Å². The van der Waals surface area contributed by atoms with Crippen LogP contribution >= 0.6 is 0 Å². The van der Waals surface area contributed by atoms with Crippen molar-refractivity contribution in [3.63, 3.8) is 0 Å². The van der Waals surface area contributed by atoms with Crippen LogP contribution in [0, 0.1) is 0 Å². The molecular formula is C50H32N2O. The molecule has 0 aliphatic rings. The summed E-state index contributed by atoms with van der Waals surface area (Å²) in [6.07, 6.45) is 0. The van der Waals surface area contributed by atoms with E-state index >= 15 is 0 Å². The van der Waals surface area contributed by atoms with Gasteiger partial charge < -0.3 is 4.42 Å². The smallest absolute Gasteiger partial charge is 0.160 e. The van der Waals surface area contributed by atoms with Gasteiger partial charge in [0.15, 0.2) is 5.82 Å². The predicted molar refractivity (Wildman–Crippen MR) is 219 cm³/mol. The number of hydrogen-bond acceptors (Lipinski definition) is 3. The van der Waals surface area contributed by atoms with Crippen LogP contribution in [0.3, 0.4) is 0 Å². The second-order valence-electron chi connectivity index (χ2n) is 13.4. The fourth-order valence-corrected chi connectivity index (χ4v) is 7.32. The van der Waals surface area contributed by atoms with Gasteiger partial charge in [-0.05, 0) is 98.8 Å². The highest BCUT2D eigenvalue weighted by Crippen LogP contribution is 2.38. The van der Waals surface area contributed by atoms with Crippen molar-refractivity contribution in [1.29, 1.82) is 0 Å². The fraction of sp³-hybridized carbons (Fsp3) is 0. The van der Waals surface area contributed by atoms with E-state index < -0.39 is 0 Å². The molecule has 0 aliphatic carbocycles. The van der Waals surface area contributed by atoms with Crippen molar-refractivity contribution in [1.82, 2.24) is 9.97 Å². The molecule has 10 aromatic rings. The lowest BCUT2D eigenvalue weighted by atomic mass is 9.93. The Morgan fingerprint density at radius 2 is 0.774 bits per heavy atom. The van der Waals surface area contributed by atoms with Crippen LogP contribution < -0.4 is 0 Å². The summed E-state index contributed by atoms with van der Waals surface area (Å²) in [5.41, 5.74) is 13.5. The van der Waals surface area contributed by atoms with E-state index in [0.717, 1.165) is 72.3 Å². The summed E-state index contributed by atoms with van der Waals surface area (Å²) < 4.78 is 6.18. The van der Waals surface area contributed by atoms with Crippen LogP contribution in [0.1, 0.15) is 0 Å². The standard InChI is InChI=1S/C50H32N2O/c1-4-12-33(13-5-1)36-20-21-38-27-40(23-22-37(38)26-36)46-32-47(52-50(51-46)35-16-8-3-9-17-35)43-29-41(34-14-6-2-7-15-34)28-42(30-43)39-24-25-49-45(31-39)44-18-10-11-19-48(44)53-49/h1-32H. The highest BCUT2D eigenvalue weighted by Gasteiger charge is 2.15. The molecule has 3 heteroatoms. The molecule has 0 fully saturated rings. The molecule has 0 radical (unpaired) electrons. The Kier molecular flexibility index (Phi) is 7.47. The number of furan rings is 1. The zero-order valence-electron chi connectivity index (χ0n) is 28.8. The SMILES string of the molecule is c1ccc(-c2cc(-c3ccc4oc5ccccc5c4c3)cc(-c3cc(-c4ccc5cc(-c6ccccc6)ccc5c4)nc(-c4ccccc4)n3)c2)cc1. The van der Waals surface area contributed by atoms with Crippen LogP contribution in [0.25, 0.3) is 100.0 Å². The molecule has 0 saturated heterocycles. The summed E-state index contributed by atoms with van der Waals surface area (Å²) in [5.74, 6) is 0.690. The van der Waals surface area contributed by atoms with Gasteiger partial charge >= 0.3 is 0 Å². The van der Waals surface area contributed by atoms with Crippen molar-refractivity contribution in [2.24, 2.45) is 0 Å². The van der Waals surface area contributed by atoms with E-state index in [1.807, 2.05) is 30.3 Å². The minimum Gasteiger partial charge on any atom is -0.456 e. The Labute approximate surface area is 307 Å². The Balaban J connectivity index is 1.14. The number of hydrogen-bond donors (Lipinski definition) is 0. The normalized spacial score (nSPS) is 11.4. The topological polar surface area (TPSA) is 38.9 Å². The summed E-state index contributed by atoms with van der Waals surface area (Å²) in [4.78, 5) is 10.4. The average molecular weight is 677 g/mol. The molecule has 0 unspecified atom stereocenters. The van der Waals surface area contributed by atoms with E-state index in [4.69, 9.17) is 14.4 Å². The lowest BCUT2D eigenvalue weighted by Gasteiger charge is -2.14. The second kappa shape index (κ2) is 12.9. The van der Waals surface area contributed by atoms with E-state index in [2.05, 4.69) is 164 Å². The minimum atomic E-state index is 0.690. The number of benzene rings is 8. The van der Waals surface area contributed by atoms with Gasteiger partial charge in [-0.25, -0.2) is 9.97 Å². The summed E-state index contributed by atoms with van der Waals surface area (Å²) in [7, 11) is 0. The third-order valence-electron chi connectivity index (χ3n) is 10.0. The molecule has 248 valence electrons. The van der Waals surface area contributed by atoms with E-state index in [1.54, 1.807) is 0 Å². The molecule has 3 nitrogen and oxygen atoms in total. The molecule has 53 heavy (non-hydrogen) atoms. The van der Waals surface area contributed by atoms with Gasteiger partial charge in [-0.1, -0.05) is 140 Å². The van der Waals surface area contributed by atoms with Gasteiger partial charge in [0.25, 0.3) is 0 Å². The van der Waals surface area contributed by atoms with E-state index in [0.29, 0.717) is 5.82 Å². The minimum absolute atomic E-state index is 0.690. The highest BCUT2D eigenvalue weighted by molar-refractivity contribution is 6.06. The van der Waals surface area contributed by atoms with Crippen LogP contribution in [0.15, 0.2) is 199 Å². The maximum atomic E-state index is 6.18. The maximum absolute atomic E-state index is 6.18. The summed E-state index contributed by atoms with van der Waals surface area (Å²) in [6, 6.07) is 68.2. The summed E-state index contributed by atoms with van der Waals surface area (Å²) in [5, 5.41) is 4.57. The molecule has 10 rings (SSSR count). The molecule has 0 saturated carbocycles. The lowest BCUT2D eigenvalue weighted by Crippen LogP contribution is -1.96. The van der Waals surface area contributed by atoms with Crippen LogP contribution in [0.5, 0.6) is 0 Å². The molecule has 0 bridgehead atoms. The van der Waals surface area contributed by atoms with Gasteiger partial charge in [0, 0.05) is 27.5 Å². The van der Waals surface area contributed by atoms with Gasteiger partial charge in [-0.15, -0.1) is 0 Å². The number of para-hydroxylation sites is 1. The van der Waals surface area contributed by atoms with Gasteiger partial charge in [0.1, 0.15) is 11.2 Å². The first-order valence-corrected chi connectivity index (χ1v) is 17.9. The molecule has 2 aromatic heterocycles. The van der Waals surface area contributed by atoms with Gasteiger partial charge in [-0.2, -0.15) is 0 Å². The van der Waals surface area contributed by atoms with Crippen molar-refractivity contribution < 1.29 is 4.42 Å². The maximum Gasteiger partial charge on any atom is 0.160 e. The molecular weight excluding hydrogens is 645 g/mol. The second-order valence-corrected chi connectivity index (χ2v) is 13.4. The van der Waals surface area contributed by atoms with Crippen molar-refractivity contribution in [3.05, 3.63) is 194 Å². The zero-order chi connectivity index (χ0) is 35.1. The summed E-state index contributed by atoms with van der Waals surface area (Å²) in [6.45, 7) is 0. The first-order chi connectivity index (χ1) is 26.2. The quantitative estimate of drug-likeness (QED) is 0.176. The molecule has 0 N–H and O–H groups in total. The first-order valence-electron chi connectivity index (χ1n) is 17.9.